The lowest BCUT2D eigenvalue weighted by molar-refractivity contribution is 0.102. The molecule has 0 bridgehead atoms. The van der Waals surface area contributed by atoms with Crippen molar-refractivity contribution < 1.29 is 17.9 Å². The number of aromatic nitrogens is 1. The highest BCUT2D eigenvalue weighted by molar-refractivity contribution is 7.92. The van der Waals surface area contributed by atoms with Crippen LogP contribution in [0.5, 0.6) is 5.75 Å². The van der Waals surface area contributed by atoms with E-state index < -0.39 is 10.0 Å². The first kappa shape index (κ1) is 23.5. The lowest BCUT2D eigenvalue weighted by Gasteiger charge is -2.08. The average Bonchev–Trinajstić information content (AvgIpc) is 3.20. The first-order chi connectivity index (χ1) is 16.4. The molecule has 3 aromatic carbocycles. The zero-order valence-corrected chi connectivity index (χ0v) is 20.2. The Morgan fingerprint density at radius 1 is 0.971 bits per heavy atom. The maximum atomic E-state index is 12.7. The van der Waals surface area contributed by atoms with Crippen LogP contribution >= 0.6 is 11.3 Å². The summed E-state index contributed by atoms with van der Waals surface area (Å²) in [6.45, 7) is 4.49. The Balaban J connectivity index is 1.44. The zero-order chi connectivity index (χ0) is 24.1. The molecule has 1 amide bonds. The van der Waals surface area contributed by atoms with Crippen molar-refractivity contribution in [1.29, 1.82) is 0 Å². The van der Waals surface area contributed by atoms with Crippen molar-refractivity contribution in [1.82, 2.24) is 4.98 Å². The second kappa shape index (κ2) is 10.1. The fraction of sp³-hybridized carbons (Fsp3) is 0.120. The lowest BCUT2D eigenvalue weighted by Crippen LogP contribution is -2.14. The molecule has 4 rings (SSSR count). The Morgan fingerprint density at radius 3 is 2.29 bits per heavy atom. The first-order valence-corrected chi connectivity index (χ1v) is 12.9. The van der Waals surface area contributed by atoms with Crippen LogP contribution in [-0.2, 0) is 10.0 Å². The molecule has 0 saturated heterocycles. The van der Waals surface area contributed by atoms with Crippen molar-refractivity contribution in [3.05, 3.63) is 89.3 Å². The molecular formula is C25H23N3O4S2. The molecule has 0 spiro atoms. The molecule has 7 nitrogen and oxygen atoms in total. The van der Waals surface area contributed by atoms with Gasteiger partial charge in [0, 0.05) is 21.7 Å². The summed E-state index contributed by atoms with van der Waals surface area (Å²) in [6, 6.07) is 22.0. The quantitative estimate of drug-likeness (QED) is 0.334. The molecule has 34 heavy (non-hydrogen) atoms. The van der Waals surface area contributed by atoms with Crippen LogP contribution in [0.4, 0.5) is 10.8 Å². The van der Waals surface area contributed by atoms with Crippen LogP contribution < -0.4 is 14.8 Å². The minimum Gasteiger partial charge on any atom is -0.494 e. The van der Waals surface area contributed by atoms with E-state index in [4.69, 9.17) is 4.74 Å². The van der Waals surface area contributed by atoms with E-state index >= 15 is 0 Å². The van der Waals surface area contributed by atoms with Gasteiger partial charge in [-0.05, 0) is 74.5 Å². The Kier molecular flexibility index (Phi) is 6.95. The van der Waals surface area contributed by atoms with Gasteiger partial charge in [0.25, 0.3) is 15.9 Å². The van der Waals surface area contributed by atoms with Crippen molar-refractivity contribution in [2.75, 3.05) is 16.6 Å². The van der Waals surface area contributed by atoms with Gasteiger partial charge in [-0.2, -0.15) is 0 Å². The number of carbonyl (C=O) groups is 1. The minimum atomic E-state index is -3.70. The number of nitrogens with zero attached hydrogens (tertiary/aromatic N) is 1. The number of nitrogens with one attached hydrogen (secondary N) is 2. The van der Waals surface area contributed by atoms with Crippen molar-refractivity contribution in [2.24, 2.45) is 0 Å². The normalized spacial score (nSPS) is 11.1. The third-order valence-electron chi connectivity index (χ3n) is 4.91. The van der Waals surface area contributed by atoms with E-state index in [0.29, 0.717) is 23.0 Å². The summed E-state index contributed by atoms with van der Waals surface area (Å²) < 4.78 is 32.9. The van der Waals surface area contributed by atoms with E-state index in [2.05, 4.69) is 15.0 Å². The van der Waals surface area contributed by atoms with E-state index in [1.807, 2.05) is 38.1 Å². The standard InChI is InChI=1S/C25H23N3O4S2/c1-3-32-21-15-11-18(12-16-21)23-17(2)33-25(26-23)27-24(29)19-9-13-20(14-10-19)28-34(30,31)22-7-5-4-6-8-22/h4-16,28H,3H2,1-2H3,(H,26,27,29). The molecule has 0 aliphatic carbocycles. The number of anilines is 2. The Bertz CT molecular complexity index is 1380. The number of amides is 1. The number of carbonyl (C=O) groups excluding carboxylic acids is 1. The predicted molar refractivity (Wildman–Crippen MR) is 135 cm³/mol. The molecule has 0 atom stereocenters. The van der Waals surface area contributed by atoms with Gasteiger partial charge >= 0.3 is 0 Å². The highest BCUT2D eigenvalue weighted by Crippen LogP contribution is 2.31. The van der Waals surface area contributed by atoms with Crippen LogP contribution in [0, 0.1) is 6.92 Å². The third kappa shape index (κ3) is 5.44. The van der Waals surface area contributed by atoms with Crippen LogP contribution in [-0.4, -0.2) is 25.9 Å². The molecule has 0 fully saturated rings. The van der Waals surface area contributed by atoms with Gasteiger partial charge in [-0.3, -0.25) is 14.8 Å². The van der Waals surface area contributed by atoms with Gasteiger partial charge in [-0.1, -0.05) is 18.2 Å². The number of ether oxygens (including phenoxy) is 1. The highest BCUT2D eigenvalue weighted by Gasteiger charge is 2.16. The fourth-order valence-electron chi connectivity index (χ4n) is 3.27. The van der Waals surface area contributed by atoms with Crippen molar-refractivity contribution in [3.63, 3.8) is 0 Å². The molecule has 1 aromatic heterocycles. The second-order valence-corrected chi connectivity index (χ2v) is 10.2. The average molecular weight is 494 g/mol. The summed E-state index contributed by atoms with van der Waals surface area (Å²) in [5, 5.41) is 3.31. The minimum absolute atomic E-state index is 0.166. The van der Waals surface area contributed by atoms with Gasteiger partial charge in [0.1, 0.15) is 5.75 Å². The molecule has 174 valence electrons. The van der Waals surface area contributed by atoms with Crippen molar-refractivity contribution in [2.45, 2.75) is 18.7 Å². The summed E-state index contributed by atoms with van der Waals surface area (Å²) in [5.74, 6) is 0.464. The molecular weight excluding hydrogens is 470 g/mol. The highest BCUT2D eigenvalue weighted by atomic mass is 32.2. The lowest BCUT2D eigenvalue weighted by atomic mass is 10.1. The summed E-state index contributed by atoms with van der Waals surface area (Å²) in [5.41, 5.74) is 2.49. The van der Waals surface area contributed by atoms with Crippen LogP contribution in [0.25, 0.3) is 11.3 Å². The molecule has 2 N–H and O–H groups in total. The van der Waals surface area contributed by atoms with Gasteiger partial charge in [0.2, 0.25) is 0 Å². The molecule has 0 aliphatic heterocycles. The van der Waals surface area contributed by atoms with Crippen LogP contribution in [0.2, 0.25) is 0 Å². The SMILES string of the molecule is CCOc1ccc(-c2nc(NC(=O)c3ccc(NS(=O)(=O)c4ccccc4)cc3)sc2C)cc1. The van der Waals surface area contributed by atoms with Gasteiger partial charge in [0.05, 0.1) is 17.2 Å². The number of hydrogen-bond donors (Lipinski definition) is 2. The molecule has 0 saturated carbocycles. The van der Waals surface area contributed by atoms with Gasteiger partial charge in [-0.15, -0.1) is 11.3 Å². The Hall–Kier alpha value is -3.69. The number of aryl methyl sites for hydroxylation is 1. The van der Waals surface area contributed by atoms with Gasteiger partial charge in [0.15, 0.2) is 5.13 Å². The summed E-state index contributed by atoms with van der Waals surface area (Å²) in [4.78, 5) is 18.4. The first-order valence-electron chi connectivity index (χ1n) is 10.6. The van der Waals surface area contributed by atoms with Crippen LogP contribution in [0.3, 0.4) is 0 Å². The topological polar surface area (TPSA) is 97.4 Å². The number of sulfonamides is 1. The van der Waals surface area contributed by atoms with E-state index in [1.54, 1.807) is 42.5 Å². The number of thiazole rings is 1. The molecule has 0 radical (unpaired) electrons. The molecule has 1 heterocycles. The number of benzene rings is 3. The number of rotatable bonds is 8. The Morgan fingerprint density at radius 2 is 1.65 bits per heavy atom. The van der Waals surface area contributed by atoms with Crippen molar-refractivity contribution >= 4 is 38.1 Å². The maximum absolute atomic E-state index is 12.7. The summed E-state index contributed by atoms with van der Waals surface area (Å²) >= 11 is 1.39. The largest absolute Gasteiger partial charge is 0.494 e. The fourth-order valence-corrected chi connectivity index (χ4v) is 5.18. The monoisotopic (exact) mass is 493 g/mol. The smallest absolute Gasteiger partial charge is 0.261 e. The summed E-state index contributed by atoms with van der Waals surface area (Å²) in [6.07, 6.45) is 0. The number of hydrogen-bond acceptors (Lipinski definition) is 6. The van der Waals surface area contributed by atoms with Crippen LogP contribution in [0.15, 0.2) is 83.8 Å². The van der Waals surface area contributed by atoms with E-state index in [-0.39, 0.29) is 10.8 Å². The molecule has 0 aliphatic rings. The Labute approximate surface area is 202 Å². The second-order valence-electron chi connectivity index (χ2n) is 7.33. The van der Waals surface area contributed by atoms with Crippen LogP contribution in [0.1, 0.15) is 22.2 Å². The van der Waals surface area contributed by atoms with Crippen molar-refractivity contribution in [3.8, 4) is 17.0 Å². The molecule has 0 unspecified atom stereocenters. The molecule has 9 heteroatoms. The van der Waals surface area contributed by atoms with Gasteiger partial charge < -0.3 is 4.74 Å². The van der Waals surface area contributed by atoms with Gasteiger partial charge in [-0.25, -0.2) is 13.4 Å². The van der Waals surface area contributed by atoms with E-state index in [1.165, 1.54) is 23.5 Å². The summed E-state index contributed by atoms with van der Waals surface area (Å²) in [7, 11) is -3.70. The molecule has 4 aromatic rings. The zero-order valence-electron chi connectivity index (χ0n) is 18.6. The third-order valence-corrected chi connectivity index (χ3v) is 7.19. The maximum Gasteiger partial charge on any atom is 0.261 e. The predicted octanol–water partition coefficient (Wildman–Crippen LogP) is 5.57. The van der Waals surface area contributed by atoms with E-state index in [9.17, 15) is 13.2 Å². The van der Waals surface area contributed by atoms with E-state index in [0.717, 1.165) is 21.9 Å².